The summed E-state index contributed by atoms with van der Waals surface area (Å²) in [7, 11) is 0. The Bertz CT molecular complexity index is 854. The van der Waals surface area contributed by atoms with Crippen molar-refractivity contribution in [3.63, 3.8) is 0 Å². The number of amides is 3. The van der Waals surface area contributed by atoms with Crippen molar-refractivity contribution in [1.29, 1.82) is 0 Å². The SMILES string of the molecule is O=C(Nc1ccc(C(F)(F)F)cc1)N[C@@H]1CCCN(c2ccc(Br)cc2)C1=O. The monoisotopic (exact) mass is 455 g/mol. The molecule has 0 unspecified atom stereocenters. The van der Waals surface area contributed by atoms with E-state index in [9.17, 15) is 22.8 Å². The number of nitrogens with one attached hydrogen (secondary N) is 2. The van der Waals surface area contributed by atoms with Crippen molar-refractivity contribution < 1.29 is 22.8 Å². The molecular formula is C19H17BrF3N3O2. The molecule has 148 valence electrons. The number of carbonyl (C=O) groups is 2. The zero-order valence-corrected chi connectivity index (χ0v) is 16.2. The lowest BCUT2D eigenvalue weighted by atomic mass is 10.0. The number of rotatable bonds is 3. The summed E-state index contributed by atoms with van der Waals surface area (Å²) in [5.41, 5.74) is 0.146. The Hall–Kier alpha value is -2.55. The van der Waals surface area contributed by atoms with E-state index < -0.39 is 23.8 Å². The second-order valence-corrected chi connectivity index (χ2v) is 7.25. The fraction of sp³-hybridized carbons (Fsp3) is 0.263. The van der Waals surface area contributed by atoms with E-state index in [1.54, 1.807) is 4.90 Å². The van der Waals surface area contributed by atoms with Crippen LogP contribution in [0.3, 0.4) is 0 Å². The minimum absolute atomic E-state index is 0.207. The number of benzene rings is 2. The lowest BCUT2D eigenvalue weighted by Gasteiger charge is -2.32. The van der Waals surface area contributed by atoms with Crippen LogP contribution in [0.5, 0.6) is 0 Å². The fourth-order valence-corrected chi connectivity index (χ4v) is 3.22. The van der Waals surface area contributed by atoms with Gasteiger partial charge in [0, 0.05) is 22.4 Å². The normalized spacial score (nSPS) is 17.4. The quantitative estimate of drug-likeness (QED) is 0.698. The molecule has 1 atom stereocenters. The molecular weight excluding hydrogens is 439 g/mol. The first-order chi connectivity index (χ1) is 13.2. The van der Waals surface area contributed by atoms with Gasteiger partial charge in [0.05, 0.1) is 5.56 Å². The number of nitrogens with zero attached hydrogens (tertiary/aromatic N) is 1. The van der Waals surface area contributed by atoms with E-state index in [2.05, 4.69) is 26.6 Å². The summed E-state index contributed by atoms with van der Waals surface area (Å²) >= 11 is 3.34. The molecule has 0 radical (unpaired) electrons. The molecule has 0 saturated carbocycles. The van der Waals surface area contributed by atoms with Crippen LogP contribution < -0.4 is 15.5 Å². The maximum absolute atomic E-state index is 12.7. The lowest BCUT2D eigenvalue weighted by Crippen LogP contribution is -2.53. The van der Waals surface area contributed by atoms with Gasteiger partial charge in [0.1, 0.15) is 6.04 Å². The molecule has 0 bridgehead atoms. The Morgan fingerprint density at radius 1 is 1.07 bits per heavy atom. The van der Waals surface area contributed by atoms with Gasteiger partial charge >= 0.3 is 12.2 Å². The highest BCUT2D eigenvalue weighted by molar-refractivity contribution is 9.10. The van der Waals surface area contributed by atoms with Crippen molar-refractivity contribution in [2.75, 3.05) is 16.8 Å². The van der Waals surface area contributed by atoms with Crippen LogP contribution in [0, 0.1) is 0 Å². The van der Waals surface area contributed by atoms with E-state index in [0.717, 1.165) is 22.3 Å². The third-order valence-corrected chi connectivity index (χ3v) is 4.88. The molecule has 1 fully saturated rings. The van der Waals surface area contributed by atoms with E-state index in [0.29, 0.717) is 19.4 Å². The van der Waals surface area contributed by atoms with E-state index >= 15 is 0 Å². The van der Waals surface area contributed by atoms with E-state index in [1.165, 1.54) is 12.1 Å². The first kappa shape index (κ1) is 20.2. The highest BCUT2D eigenvalue weighted by Gasteiger charge is 2.31. The van der Waals surface area contributed by atoms with Crippen LogP contribution in [0.25, 0.3) is 0 Å². The van der Waals surface area contributed by atoms with Gasteiger partial charge in [-0.05, 0) is 61.4 Å². The predicted octanol–water partition coefficient (Wildman–Crippen LogP) is 4.79. The minimum atomic E-state index is -4.44. The Morgan fingerprint density at radius 2 is 1.71 bits per heavy atom. The second kappa shape index (κ2) is 8.22. The molecule has 3 rings (SSSR count). The smallest absolute Gasteiger partial charge is 0.326 e. The molecule has 2 N–H and O–H groups in total. The van der Waals surface area contributed by atoms with Crippen molar-refractivity contribution in [3.8, 4) is 0 Å². The van der Waals surface area contributed by atoms with Crippen LogP contribution in [-0.2, 0) is 11.0 Å². The van der Waals surface area contributed by atoms with Crippen LogP contribution in [0.2, 0.25) is 0 Å². The van der Waals surface area contributed by atoms with Crippen molar-refractivity contribution in [1.82, 2.24) is 5.32 Å². The number of hydrogen-bond acceptors (Lipinski definition) is 2. The number of anilines is 2. The van der Waals surface area contributed by atoms with Gasteiger partial charge in [-0.2, -0.15) is 13.2 Å². The highest BCUT2D eigenvalue weighted by Crippen LogP contribution is 2.30. The third kappa shape index (κ3) is 4.83. The number of urea groups is 1. The Labute approximate surface area is 168 Å². The molecule has 0 aromatic heterocycles. The van der Waals surface area contributed by atoms with Gasteiger partial charge < -0.3 is 15.5 Å². The molecule has 0 aliphatic carbocycles. The number of carbonyl (C=O) groups excluding carboxylic acids is 2. The average molecular weight is 456 g/mol. The zero-order chi connectivity index (χ0) is 20.3. The van der Waals surface area contributed by atoms with Gasteiger partial charge in [-0.25, -0.2) is 4.79 Å². The van der Waals surface area contributed by atoms with Gasteiger partial charge in [0.25, 0.3) is 0 Å². The Morgan fingerprint density at radius 3 is 2.32 bits per heavy atom. The Balaban J connectivity index is 1.61. The van der Waals surface area contributed by atoms with E-state index in [1.807, 2.05) is 24.3 Å². The molecule has 1 saturated heterocycles. The van der Waals surface area contributed by atoms with Crippen molar-refractivity contribution in [2.45, 2.75) is 25.1 Å². The van der Waals surface area contributed by atoms with Crippen LogP contribution in [0.15, 0.2) is 53.0 Å². The molecule has 5 nitrogen and oxygen atoms in total. The van der Waals surface area contributed by atoms with Crippen LogP contribution >= 0.6 is 15.9 Å². The fourth-order valence-electron chi connectivity index (χ4n) is 2.95. The van der Waals surface area contributed by atoms with Crippen LogP contribution in [-0.4, -0.2) is 24.5 Å². The topological polar surface area (TPSA) is 61.4 Å². The van der Waals surface area contributed by atoms with E-state index in [4.69, 9.17) is 0 Å². The van der Waals surface area contributed by atoms with Crippen LogP contribution in [0.1, 0.15) is 18.4 Å². The Kier molecular flexibility index (Phi) is 5.93. The summed E-state index contributed by atoms with van der Waals surface area (Å²) in [5, 5.41) is 5.06. The molecule has 3 amide bonds. The number of alkyl halides is 3. The second-order valence-electron chi connectivity index (χ2n) is 6.33. The van der Waals surface area contributed by atoms with Crippen molar-refractivity contribution in [3.05, 3.63) is 58.6 Å². The number of piperidine rings is 1. The summed E-state index contributed by atoms with van der Waals surface area (Å²) in [5.74, 6) is -0.226. The average Bonchev–Trinajstić information content (AvgIpc) is 2.64. The van der Waals surface area contributed by atoms with Gasteiger partial charge in [0.2, 0.25) is 5.91 Å². The van der Waals surface area contributed by atoms with E-state index in [-0.39, 0.29) is 11.6 Å². The van der Waals surface area contributed by atoms with Gasteiger partial charge in [0.15, 0.2) is 0 Å². The molecule has 1 aliphatic heterocycles. The van der Waals surface area contributed by atoms with Crippen molar-refractivity contribution >= 4 is 39.2 Å². The summed E-state index contributed by atoms with van der Waals surface area (Å²) in [4.78, 5) is 26.5. The van der Waals surface area contributed by atoms with Gasteiger partial charge in [-0.1, -0.05) is 15.9 Å². The molecule has 9 heteroatoms. The van der Waals surface area contributed by atoms with Crippen LogP contribution in [0.4, 0.5) is 29.3 Å². The summed E-state index contributed by atoms with van der Waals surface area (Å²) in [6.07, 6.45) is -3.23. The lowest BCUT2D eigenvalue weighted by molar-refractivity contribution is -0.137. The largest absolute Gasteiger partial charge is 0.416 e. The minimum Gasteiger partial charge on any atom is -0.326 e. The molecule has 28 heavy (non-hydrogen) atoms. The molecule has 2 aromatic carbocycles. The molecule has 1 aliphatic rings. The first-order valence-electron chi connectivity index (χ1n) is 8.56. The first-order valence-corrected chi connectivity index (χ1v) is 9.35. The molecule has 0 spiro atoms. The van der Waals surface area contributed by atoms with Crippen molar-refractivity contribution in [2.24, 2.45) is 0 Å². The standard InChI is InChI=1S/C19H17BrF3N3O2/c20-13-5-9-15(10-6-13)26-11-1-2-16(17(26)27)25-18(28)24-14-7-3-12(4-8-14)19(21,22)23/h3-10,16H,1-2,11H2,(H2,24,25,28)/t16-/m1/s1. The van der Waals surface area contributed by atoms with Gasteiger partial charge in [-0.15, -0.1) is 0 Å². The third-order valence-electron chi connectivity index (χ3n) is 4.35. The summed E-state index contributed by atoms with van der Waals surface area (Å²) in [6.45, 7) is 0.555. The maximum atomic E-state index is 12.7. The van der Waals surface area contributed by atoms with Gasteiger partial charge in [-0.3, -0.25) is 4.79 Å². The maximum Gasteiger partial charge on any atom is 0.416 e. The number of hydrogen-bond donors (Lipinski definition) is 2. The molecule has 1 heterocycles. The summed E-state index contributed by atoms with van der Waals surface area (Å²) < 4.78 is 38.7. The highest BCUT2D eigenvalue weighted by atomic mass is 79.9. The number of halogens is 4. The zero-order valence-electron chi connectivity index (χ0n) is 14.6. The summed E-state index contributed by atoms with van der Waals surface area (Å²) in [6, 6.07) is 10.0. The predicted molar refractivity (Wildman–Crippen MR) is 103 cm³/mol. The molecule has 2 aromatic rings.